The lowest BCUT2D eigenvalue weighted by Crippen LogP contribution is -2.15. The monoisotopic (exact) mass is 329 g/mol. The van der Waals surface area contributed by atoms with E-state index in [0.29, 0.717) is 18.4 Å². The molecule has 0 aliphatic heterocycles. The second kappa shape index (κ2) is 5.91. The first-order valence-corrected chi connectivity index (χ1v) is 7.25. The van der Waals surface area contributed by atoms with Crippen LogP contribution in [-0.4, -0.2) is 16.2 Å². The number of rotatable bonds is 4. The maximum Gasteiger partial charge on any atom is 0.126 e. The number of benzene rings is 1. The predicted octanol–water partition coefficient (Wildman–Crippen LogP) is 3.50. The Morgan fingerprint density at radius 2 is 2.22 bits per heavy atom. The second-order valence-corrected chi connectivity index (χ2v) is 6.13. The SMILES string of the molecule is Cc1nc(CC(O)Cc2cc(Br)ccc2F)cs1. The zero-order valence-electron chi connectivity index (χ0n) is 9.86. The maximum absolute atomic E-state index is 13.5. The summed E-state index contributed by atoms with van der Waals surface area (Å²) in [6, 6.07) is 4.75. The van der Waals surface area contributed by atoms with E-state index in [1.54, 1.807) is 23.5 Å². The number of aliphatic hydroxyl groups is 1. The summed E-state index contributed by atoms with van der Waals surface area (Å²) in [6.07, 6.45) is 0.133. The molecule has 5 heteroatoms. The fourth-order valence-electron chi connectivity index (χ4n) is 1.77. The molecule has 1 atom stereocenters. The van der Waals surface area contributed by atoms with E-state index in [4.69, 9.17) is 0 Å². The molecule has 0 spiro atoms. The number of aromatic nitrogens is 1. The van der Waals surface area contributed by atoms with Gasteiger partial charge in [0, 0.05) is 22.7 Å². The van der Waals surface area contributed by atoms with E-state index < -0.39 is 6.10 Å². The highest BCUT2D eigenvalue weighted by Gasteiger charge is 2.12. The number of halogens is 2. The number of hydrogen-bond acceptors (Lipinski definition) is 3. The van der Waals surface area contributed by atoms with Crippen LogP contribution in [-0.2, 0) is 12.8 Å². The van der Waals surface area contributed by atoms with Crippen molar-refractivity contribution in [2.45, 2.75) is 25.9 Å². The molecule has 2 aromatic rings. The van der Waals surface area contributed by atoms with Crippen LogP contribution in [0.3, 0.4) is 0 Å². The third-order valence-corrected chi connectivity index (χ3v) is 3.89. The van der Waals surface area contributed by atoms with Crippen molar-refractivity contribution in [1.29, 1.82) is 0 Å². The van der Waals surface area contributed by atoms with Crippen molar-refractivity contribution in [2.75, 3.05) is 0 Å². The Bertz CT molecular complexity index is 544. The molecule has 1 unspecified atom stereocenters. The van der Waals surface area contributed by atoms with Crippen LogP contribution < -0.4 is 0 Å². The van der Waals surface area contributed by atoms with E-state index >= 15 is 0 Å². The van der Waals surface area contributed by atoms with Gasteiger partial charge in [0.1, 0.15) is 5.82 Å². The number of aryl methyl sites for hydroxylation is 1. The zero-order chi connectivity index (χ0) is 13.1. The minimum atomic E-state index is -0.615. The highest BCUT2D eigenvalue weighted by molar-refractivity contribution is 9.10. The van der Waals surface area contributed by atoms with Crippen molar-refractivity contribution >= 4 is 27.3 Å². The Labute approximate surface area is 118 Å². The molecule has 18 heavy (non-hydrogen) atoms. The van der Waals surface area contributed by atoms with Crippen LogP contribution in [0, 0.1) is 12.7 Å². The largest absolute Gasteiger partial charge is 0.392 e. The zero-order valence-corrected chi connectivity index (χ0v) is 12.3. The standard InChI is InChI=1S/C13H13BrFNOS/c1-8-16-11(7-18-8)6-12(17)5-9-4-10(14)2-3-13(9)15/h2-4,7,12,17H,5-6H2,1H3. The topological polar surface area (TPSA) is 33.1 Å². The molecule has 0 aliphatic carbocycles. The summed E-state index contributed by atoms with van der Waals surface area (Å²) in [6.45, 7) is 1.93. The van der Waals surface area contributed by atoms with Gasteiger partial charge in [-0.05, 0) is 30.7 Å². The maximum atomic E-state index is 13.5. The lowest BCUT2D eigenvalue weighted by atomic mass is 10.0. The van der Waals surface area contributed by atoms with Crippen LogP contribution in [0.5, 0.6) is 0 Å². The molecule has 1 N–H and O–H groups in total. The summed E-state index contributed by atoms with van der Waals surface area (Å²) < 4.78 is 14.3. The van der Waals surface area contributed by atoms with Crippen molar-refractivity contribution in [3.63, 3.8) is 0 Å². The molecule has 0 bridgehead atoms. The Morgan fingerprint density at radius 3 is 2.89 bits per heavy atom. The minimum Gasteiger partial charge on any atom is -0.392 e. The summed E-state index contributed by atoms with van der Waals surface area (Å²) in [7, 11) is 0. The quantitative estimate of drug-likeness (QED) is 0.931. The molecule has 96 valence electrons. The van der Waals surface area contributed by atoms with Crippen LogP contribution in [0.15, 0.2) is 28.1 Å². The Morgan fingerprint density at radius 1 is 1.44 bits per heavy atom. The number of hydrogen-bond donors (Lipinski definition) is 1. The third kappa shape index (κ3) is 3.60. The summed E-state index contributed by atoms with van der Waals surface area (Å²) in [5, 5.41) is 12.9. The fourth-order valence-corrected chi connectivity index (χ4v) is 2.80. The molecule has 0 saturated heterocycles. The van der Waals surface area contributed by atoms with E-state index in [1.165, 1.54) is 6.07 Å². The van der Waals surface area contributed by atoms with Crippen molar-refractivity contribution in [2.24, 2.45) is 0 Å². The highest BCUT2D eigenvalue weighted by atomic mass is 79.9. The molecule has 2 rings (SSSR count). The Balaban J connectivity index is 2.02. The van der Waals surface area contributed by atoms with Gasteiger partial charge in [-0.2, -0.15) is 0 Å². The Hall–Kier alpha value is -0.780. The first-order valence-electron chi connectivity index (χ1n) is 5.57. The van der Waals surface area contributed by atoms with Gasteiger partial charge >= 0.3 is 0 Å². The third-order valence-electron chi connectivity index (χ3n) is 2.57. The normalized spacial score (nSPS) is 12.7. The van der Waals surface area contributed by atoms with Gasteiger partial charge in [-0.1, -0.05) is 15.9 Å². The first-order chi connectivity index (χ1) is 8.54. The molecule has 0 fully saturated rings. The number of nitrogens with zero attached hydrogens (tertiary/aromatic N) is 1. The molecular weight excluding hydrogens is 317 g/mol. The fraction of sp³-hybridized carbons (Fsp3) is 0.308. The van der Waals surface area contributed by atoms with Crippen molar-refractivity contribution < 1.29 is 9.50 Å². The molecule has 0 saturated carbocycles. The minimum absolute atomic E-state index is 0.285. The summed E-state index contributed by atoms with van der Waals surface area (Å²) in [5.41, 5.74) is 1.38. The van der Waals surface area contributed by atoms with E-state index in [1.807, 2.05) is 12.3 Å². The van der Waals surface area contributed by atoms with Gasteiger partial charge < -0.3 is 5.11 Å². The van der Waals surface area contributed by atoms with Crippen LogP contribution >= 0.6 is 27.3 Å². The van der Waals surface area contributed by atoms with Crippen molar-refractivity contribution in [1.82, 2.24) is 4.98 Å². The average Bonchev–Trinajstić information content (AvgIpc) is 2.69. The van der Waals surface area contributed by atoms with Gasteiger partial charge in [0.05, 0.1) is 16.8 Å². The predicted molar refractivity (Wildman–Crippen MR) is 74.4 cm³/mol. The summed E-state index contributed by atoms with van der Waals surface area (Å²) in [5.74, 6) is -0.285. The number of thiazole rings is 1. The van der Waals surface area contributed by atoms with Gasteiger partial charge in [-0.3, -0.25) is 0 Å². The smallest absolute Gasteiger partial charge is 0.126 e. The van der Waals surface area contributed by atoms with Crippen LogP contribution in [0.25, 0.3) is 0 Å². The van der Waals surface area contributed by atoms with E-state index in [2.05, 4.69) is 20.9 Å². The van der Waals surface area contributed by atoms with Gasteiger partial charge in [0.15, 0.2) is 0 Å². The van der Waals surface area contributed by atoms with Crippen LogP contribution in [0.2, 0.25) is 0 Å². The molecule has 1 heterocycles. The highest BCUT2D eigenvalue weighted by Crippen LogP contribution is 2.18. The molecule has 2 nitrogen and oxygen atoms in total. The molecule has 0 aliphatic rings. The first kappa shape index (κ1) is 13.6. The average molecular weight is 330 g/mol. The summed E-state index contributed by atoms with van der Waals surface area (Å²) >= 11 is 4.85. The second-order valence-electron chi connectivity index (χ2n) is 4.16. The van der Waals surface area contributed by atoms with E-state index in [9.17, 15) is 9.50 Å². The van der Waals surface area contributed by atoms with Gasteiger partial charge in [0.25, 0.3) is 0 Å². The molecular formula is C13H13BrFNOS. The van der Waals surface area contributed by atoms with Gasteiger partial charge in [0.2, 0.25) is 0 Å². The van der Waals surface area contributed by atoms with Gasteiger partial charge in [-0.25, -0.2) is 9.37 Å². The van der Waals surface area contributed by atoms with Crippen molar-refractivity contribution in [3.05, 3.63) is 50.1 Å². The molecule has 1 aromatic heterocycles. The lowest BCUT2D eigenvalue weighted by molar-refractivity contribution is 0.173. The van der Waals surface area contributed by atoms with E-state index in [0.717, 1.165) is 15.2 Å². The van der Waals surface area contributed by atoms with Gasteiger partial charge in [-0.15, -0.1) is 11.3 Å². The number of aliphatic hydroxyl groups excluding tert-OH is 1. The van der Waals surface area contributed by atoms with Crippen molar-refractivity contribution in [3.8, 4) is 0 Å². The van der Waals surface area contributed by atoms with Crippen LogP contribution in [0.4, 0.5) is 4.39 Å². The molecule has 1 aromatic carbocycles. The lowest BCUT2D eigenvalue weighted by Gasteiger charge is -2.10. The molecule has 0 amide bonds. The van der Waals surface area contributed by atoms with Crippen LogP contribution in [0.1, 0.15) is 16.3 Å². The van der Waals surface area contributed by atoms with E-state index in [-0.39, 0.29) is 5.82 Å². The summed E-state index contributed by atoms with van der Waals surface area (Å²) in [4.78, 5) is 4.29. The Kier molecular flexibility index (Phi) is 4.48. The molecule has 0 radical (unpaired) electrons.